The molecule has 0 radical (unpaired) electrons. The van der Waals surface area contributed by atoms with E-state index in [0.29, 0.717) is 18.0 Å². The number of amides is 2. The highest BCUT2D eigenvalue weighted by atomic mass is 16.5. The minimum Gasteiger partial charge on any atom is -0.497 e. The molecular formula is C24H34N2O6. The molecule has 2 N–H and O–H groups in total. The molecule has 0 spiro atoms. The van der Waals surface area contributed by atoms with E-state index in [2.05, 4.69) is 16.7 Å². The summed E-state index contributed by atoms with van der Waals surface area (Å²) in [5.41, 5.74) is 1.65. The predicted molar refractivity (Wildman–Crippen MR) is 121 cm³/mol. The molecular weight excluding hydrogens is 412 g/mol. The fourth-order valence-corrected chi connectivity index (χ4v) is 3.43. The van der Waals surface area contributed by atoms with Gasteiger partial charge in [-0.1, -0.05) is 25.5 Å². The Bertz CT molecular complexity index is 812. The second kappa shape index (κ2) is 12.7. The third-order valence-electron chi connectivity index (χ3n) is 5.32. The molecule has 8 nitrogen and oxygen atoms in total. The lowest BCUT2D eigenvalue weighted by Crippen LogP contribution is -2.46. The van der Waals surface area contributed by atoms with Gasteiger partial charge in [-0.15, -0.1) is 0 Å². The van der Waals surface area contributed by atoms with E-state index in [-0.39, 0.29) is 24.0 Å². The molecule has 0 saturated carbocycles. The van der Waals surface area contributed by atoms with E-state index in [0.717, 1.165) is 19.3 Å². The maximum atomic E-state index is 12.7. The van der Waals surface area contributed by atoms with Crippen molar-refractivity contribution in [1.82, 2.24) is 10.6 Å². The van der Waals surface area contributed by atoms with Gasteiger partial charge in [-0.2, -0.15) is 0 Å². The molecule has 8 heteroatoms. The highest BCUT2D eigenvalue weighted by molar-refractivity contribution is 5.97. The van der Waals surface area contributed by atoms with Gasteiger partial charge in [0.2, 0.25) is 0 Å². The molecule has 1 aliphatic carbocycles. The summed E-state index contributed by atoms with van der Waals surface area (Å²) in [7, 11) is 2.98. The Morgan fingerprint density at radius 2 is 1.72 bits per heavy atom. The molecule has 32 heavy (non-hydrogen) atoms. The number of benzene rings is 1. The summed E-state index contributed by atoms with van der Waals surface area (Å²) in [6, 6.07) is 3.85. The first-order valence-electron chi connectivity index (χ1n) is 11.0. The third kappa shape index (κ3) is 7.90. The van der Waals surface area contributed by atoms with Crippen LogP contribution >= 0.6 is 0 Å². The number of carbonyl (C=O) groups is 3. The molecule has 1 atom stereocenters. The maximum Gasteiger partial charge on any atom is 0.329 e. The van der Waals surface area contributed by atoms with Gasteiger partial charge >= 0.3 is 5.97 Å². The smallest absolute Gasteiger partial charge is 0.329 e. The van der Waals surface area contributed by atoms with E-state index in [1.165, 1.54) is 32.6 Å². The van der Waals surface area contributed by atoms with E-state index in [1.54, 1.807) is 32.0 Å². The van der Waals surface area contributed by atoms with Gasteiger partial charge in [0.05, 0.1) is 14.2 Å². The van der Waals surface area contributed by atoms with Gasteiger partial charge in [0.25, 0.3) is 11.8 Å². The minimum atomic E-state index is -0.903. The van der Waals surface area contributed by atoms with Crippen LogP contribution in [0.15, 0.2) is 29.8 Å². The Kier molecular flexibility index (Phi) is 10.0. The highest BCUT2D eigenvalue weighted by Gasteiger charge is 2.27. The number of carbonyl (C=O) groups excluding carboxylic acids is 3. The lowest BCUT2D eigenvalue weighted by molar-refractivity contribution is -0.151. The molecule has 1 aromatic carbocycles. The number of allylic oxidation sites excluding steroid dienone is 1. The zero-order chi connectivity index (χ0) is 23.5. The molecule has 2 rings (SSSR count). The van der Waals surface area contributed by atoms with Crippen molar-refractivity contribution < 1.29 is 28.6 Å². The fourth-order valence-electron chi connectivity index (χ4n) is 3.43. The van der Waals surface area contributed by atoms with Gasteiger partial charge in [0.15, 0.2) is 6.61 Å². The van der Waals surface area contributed by atoms with Gasteiger partial charge in [-0.3, -0.25) is 9.59 Å². The van der Waals surface area contributed by atoms with Crippen LogP contribution in [0.5, 0.6) is 11.5 Å². The topological polar surface area (TPSA) is 103 Å². The number of esters is 1. The van der Waals surface area contributed by atoms with E-state index >= 15 is 0 Å². The molecule has 0 saturated heterocycles. The van der Waals surface area contributed by atoms with Crippen molar-refractivity contribution in [2.45, 2.75) is 52.0 Å². The largest absolute Gasteiger partial charge is 0.497 e. The normalized spacial score (nSPS) is 14.2. The lowest BCUT2D eigenvalue weighted by Gasteiger charge is -2.21. The number of ether oxygens (including phenoxy) is 3. The Morgan fingerprint density at radius 1 is 1.03 bits per heavy atom. The van der Waals surface area contributed by atoms with Crippen molar-refractivity contribution >= 4 is 17.8 Å². The van der Waals surface area contributed by atoms with Crippen LogP contribution in [0.25, 0.3) is 0 Å². The molecule has 1 aliphatic rings. The molecule has 2 amide bonds. The van der Waals surface area contributed by atoms with E-state index in [1.807, 2.05) is 0 Å². The Labute approximate surface area is 189 Å². The second-order valence-corrected chi connectivity index (χ2v) is 8.11. The molecule has 0 aliphatic heterocycles. The number of hydrogen-bond donors (Lipinski definition) is 2. The monoisotopic (exact) mass is 446 g/mol. The van der Waals surface area contributed by atoms with E-state index in [9.17, 15) is 14.4 Å². The van der Waals surface area contributed by atoms with Crippen molar-refractivity contribution in [2.24, 2.45) is 5.92 Å². The summed E-state index contributed by atoms with van der Waals surface area (Å²) in [6.07, 6.45) is 7.66. The molecule has 176 valence electrons. The third-order valence-corrected chi connectivity index (χ3v) is 5.32. The van der Waals surface area contributed by atoms with Crippen molar-refractivity contribution in [3.05, 3.63) is 35.4 Å². The summed E-state index contributed by atoms with van der Waals surface area (Å²) in [5.74, 6) is -0.810. The second-order valence-electron chi connectivity index (χ2n) is 8.11. The average Bonchev–Trinajstić information content (AvgIpc) is 2.80. The van der Waals surface area contributed by atoms with E-state index < -0.39 is 17.9 Å². The van der Waals surface area contributed by atoms with E-state index in [4.69, 9.17) is 14.2 Å². The predicted octanol–water partition coefficient (Wildman–Crippen LogP) is 3.01. The van der Waals surface area contributed by atoms with Crippen LogP contribution in [0.3, 0.4) is 0 Å². The molecule has 0 bridgehead atoms. The first-order valence-corrected chi connectivity index (χ1v) is 11.0. The quantitative estimate of drug-likeness (QED) is 0.400. The average molecular weight is 447 g/mol. The summed E-state index contributed by atoms with van der Waals surface area (Å²) in [6.45, 7) is 3.71. The first-order chi connectivity index (χ1) is 15.3. The zero-order valence-corrected chi connectivity index (χ0v) is 19.4. The highest BCUT2D eigenvalue weighted by Crippen LogP contribution is 2.23. The molecule has 0 fully saturated rings. The number of hydrogen-bond acceptors (Lipinski definition) is 6. The minimum absolute atomic E-state index is 0.236. The first kappa shape index (κ1) is 25.2. The summed E-state index contributed by atoms with van der Waals surface area (Å²) in [5, 5.41) is 5.45. The lowest BCUT2D eigenvalue weighted by atomic mass is 9.97. The molecule has 1 aromatic rings. The maximum absolute atomic E-state index is 12.7. The van der Waals surface area contributed by atoms with Gasteiger partial charge < -0.3 is 24.8 Å². The van der Waals surface area contributed by atoms with Gasteiger partial charge in [0, 0.05) is 18.2 Å². The van der Waals surface area contributed by atoms with Crippen LogP contribution in [0.4, 0.5) is 0 Å². The van der Waals surface area contributed by atoms with Crippen molar-refractivity contribution in [3.8, 4) is 11.5 Å². The van der Waals surface area contributed by atoms with Crippen LogP contribution < -0.4 is 20.1 Å². The summed E-state index contributed by atoms with van der Waals surface area (Å²) < 4.78 is 15.5. The van der Waals surface area contributed by atoms with Crippen LogP contribution in [0, 0.1) is 5.92 Å². The molecule has 0 heterocycles. The molecule has 1 unspecified atom stereocenters. The Balaban J connectivity index is 1.87. The Morgan fingerprint density at radius 3 is 2.28 bits per heavy atom. The standard InChI is InChI=1S/C24H34N2O6/c1-16(2)22(26-23(28)18-12-19(30-3)14-20(13-18)31-4)24(29)32-15-21(27)25-11-10-17-8-6-5-7-9-17/h8,12-14,16,22H,5-7,9-11,15H2,1-4H3,(H,25,27)(H,26,28). The van der Waals surface area contributed by atoms with Crippen molar-refractivity contribution in [1.29, 1.82) is 0 Å². The summed E-state index contributed by atoms with van der Waals surface area (Å²) >= 11 is 0. The van der Waals surface area contributed by atoms with Gasteiger partial charge in [0.1, 0.15) is 17.5 Å². The van der Waals surface area contributed by atoms with Crippen LogP contribution in [-0.4, -0.2) is 51.2 Å². The van der Waals surface area contributed by atoms with Crippen molar-refractivity contribution in [3.63, 3.8) is 0 Å². The van der Waals surface area contributed by atoms with Gasteiger partial charge in [-0.05, 0) is 50.2 Å². The SMILES string of the molecule is COc1cc(OC)cc(C(=O)NC(C(=O)OCC(=O)NCCC2=CCCCC2)C(C)C)c1. The van der Waals surface area contributed by atoms with Gasteiger partial charge in [-0.25, -0.2) is 4.79 Å². The van der Waals surface area contributed by atoms with Crippen LogP contribution in [-0.2, 0) is 14.3 Å². The number of nitrogens with one attached hydrogen (secondary N) is 2. The number of rotatable bonds is 11. The number of methoxy groups -OCH3 is 2. The van der Waals surface area contributed by atoms with Crippen LogP contribution in [0.1, 0.15) is 56.3 Å². The summed E-state index contributed by atoms with van der Waals surface area (Å²) in [4.78, 5) is 37.3. The van der Waals surface area contributed by atoms with Crippen molar-refractivity contribution in [2.75, 3.05) is 27.4 Å². The molecule has 0 aromatic heterocycles. The fraction of sp³-hybridized carbons (Fsp3) is 0.542. The Hall–Kier alpha value is -3.03. The zero-order valence-electron chi connectivity index (χ0n) is 19.4. The van der Waals surface area contributed by atoms with Crippen LogP contribution in [0.2, 0.25) is 0 Å².